The average molecular weight is 126 g/mol. The first-order chi connectivity index (χ1) is 4.31. The molecule has 52 valence electrons. The van der Waals surface area contributed by atoms with E-state index < -0.39 is 0 Å². The molecule has 1 saturated heterocycles. The maximum Gasteiger partial charge on any atom is 0.0322 e. The van der Waals surface area contributed by atoms with Gasteiger partial charge in [0, 0.05) is 11.6 Å². The predicted octanol–water partition coefficient (Wildman–Crippen LogP) is 0.230. The molecule has 2 aliphatic rings. The smallest absolute Gasteiger partial charge is 0.0322 e. The molecule has 1 aliphatic heterocycles. The highest BCUT2D eigenvalue weighted by Gasteiger charge is 2.42. The fraction of sp³-hybridized carbons (Fsp3) is 1.00. The molecule has 2 nitrogen and oxygen atoms in total. The minimum Gasteiger partial charge on any atom is -0.324 e. The van der Waals surface area contributed by atoms with E-state index in [1.54, 1.807) is 0 Å². The van der Waals surface area contributed by atoms with Gasteiger partial charge < -0.3 is 11.1 Å². The first-order valence-corrected chi connectivity index (χ1v) is 3.83. The van der Waals surface area contributed by atoms with Crippen LogP contribution in [0, 0.1) is 0 Å². The zero-order valence-electron chi connectivity index (χ0n) is 5.69. The summed E-state index contributed by atoms with van der Waals surface area (Å²) in [5.74, 6) is 0. The Balaban J connectivity index is 2.17. The van der Waals surface area contributed by atoms with E-state index in [1.807, 2.05) is 0 Å². The Morgan fingerprint density at radius 3 is 3.11 bits per heavy atom. The molecule has 2 fully saturated rings. The summed E-state index contributed by atoms with van der Waals surface area (Å²) in [4.78, 5) is 0. The lowest BCUT2D eigenvalue weighted by molar-refractivity contribution is 0.422. The van der Waals surface area contributed by atoms with Gasteiger partial charge in [0.05, 0.1) is 0 Å². The van der Waals surface area contributed by atoms with Gasteiger partial charge >= 0.3 is 0 Å². The molecular formula is C7H14N2. The second kappa shape index (κ2) is 1.70. The van der Waals surface area contributed by atoms with Gasteiger partial charge in [-0.15, -0.1) is 0 Å². The summed E-state index contributed by atoms with van der Waals surface area (Å²) in [6.45, 7) is 1.14. The van der Waals surface area contributed by atoms with Crippen molar-refractivity contribution >= 4 is 0 Å². The zero-order valence-corrected chi connectivity index (χ0v) is 5.69. The molecule has 1 saturated carbocycles. The molecule has 9 heavy (non-hydrogen) atoms. The van der Waals surface area contributed by atoms with Gasteiger partial charge in [-0.05, 0) is 32.2 Å². The van der Waals surface area contributed by atoms with Crippen LogP contribution in [-0.4, -0.2) is 18.1 Å². The first-order valence-electron chi connectivity index (χ1n) is 3.83. The number of rotatable bonds is 0. The largest absolute Gasteiger partial charge is 0.324 e. The molecule has 0 spiro atoms. The van der Waals surface area contributed by atoms with Crippen molar-refractivity contribution < 1.29 is 0 Å². The van der Waals surface area contributed by atoms with Crippen molar-refractivity contribution in [2.45, 2.75) is 37.3 Å². The van der Waals surface area contributed by atoms with Crippen LogP contribution in [0.15, 0.2) is 0 Å². The van der Waals surface area contributed by atoms with Crippen molar-refractivity contribution in [2.24, 2.45) is 5.73 Å². The van der Waals surface area contributed by atoms with Gasteiger partial charge in [0.1, 0.15) is 0 Å². The van der Waals surface area contributed by atoms with Crippen LogP contribution in [0.25, 0.3) is 0 Å². The summed E-state index contributed by atoms with van der Waals surface area (Å²) in [6, 6.07) is 0.650. The molecule has 0 bridgehead atoms. The summed E-state index contributed by atoms with van der Waals surface area (Å²) >= 11 is 0. The van der Waals surface area contributed by atoms with E-state index in [1.165, 1.54) is 25.7 Å². The Morgan fingerprint density at radius 2 is 2.33 bits per heavy atom. The van der Waals surface area contributed by atoms with Crippen LogP contribution in [0.4, 0.5) is 0 Å². The second-order valence-electron chi connectivity index (χ2n) is 3.38. The topological polar surface area (TPSA) is 38.0 Å². The number of nitrogens with two attached hydrogens (primary N) is 1. The minimum atomic E-state index is 0.194. The van der Waals surface area contributed by atoms with Crippen molar-refractivity contribution in [3.63, 3.8) is 0 Å². The van der Waals surface area contributed by atoms with Gasteiger partial charge in [0.2, 0.25) is 0 Å². The quantitative estimate of drug-likeness (QED) is 0.487. The molecule has 1 heterocycles. The lowest BCUT2D eigenvalue weighted by atomic mass is 9.95. The van der Waals surface area contributed by atoms with Crippen LogP contribution >= 0.6 is 0 Å². The molecule has 3 N–H and O–H groups in total. The number of fused-ring (bicyclic) bond motifs is 1. The molecule has 2 heteroatoms. The lowest BCUT2D eigenvalue weighted by Gasteiger charge is -2.22. The third-order valence-electron chi connectivity index (χ3n) is 2.81. The fourth-order valence-electron chi connectivity index (χ4n) is 2.18. The van der Waals surface area contributed by atoms with Crippen LogP contribution in [0.2, 0.25) is 0 Å². The van der Waals surface area contributed by atoms with Gasteiger partial charge in [-0.3, -0.25) is 0 Å². The maximum atomic E-state index is 6.10. The monoisotopic (exact) mass is 126 g/mol. The zero-order chi connectivity index (χ0) is 6.32. The molecule has 2 unspecified atom stereocenters. The highest BCUT2D eigenvalue weighted by Crippen LogP contribution is 2.33. The van der Waals surface area contributed by atoms with E-state index in [-0.39, 0.29) is 5.54 Å². The molecule has 2 rings (SSSR count). The van der Waals surface area contributed by atoms with Crippen molar-refractivity contribution in [3.8, 4) is 0 Å². The molecule has 0 amide bonds. The number of hydrogen-bond donors (Lipinski definition) is 2. The van der Waals surface area contributed by atoms with E-state index in [0.29, 0.717) is 6.04 Å². The van der Waals surface area contributed by atoms with Gasteiger partial charge in [-0.1, -0.05) is 0 Å². The Labute approximate surface area is 55.8 Å². The van der Waals surface area contributed by atoms with E-state index in [9.17, 15) is 0 Å². The summed E-state index contributed by atoms with van der Waals surface area (Å²) in [5.41, 5.74) is 6.30. The second-order valence-corrected chi connectivity index (χ2v) is 3.38. The standard InChI is InChI=1S/C7H14N2/c8-7-3-1-2-6(7)9-5-4-7/h6,9H,1-5,8H2. The Kier molecular flexibility index (Phi) is 1.08. The van der Waals surface area contributed by atoms with Crippen molar-refractivity contribution in [3.05, 3.63) is 0 Å². The number of nitrogens with one attached hydrogen (secondary N) is 1. The fourth-order valence-corrected chi connectivity index (χ4v) is 2.18. The Bertz CT molecular complexity index is 112. The molecule has 0 aromatic rings. The molecule has 0 radical (unpaired) electrons. The third kappa shape index (κ3) is 0.700. The van der Waals surface area contributed by atoms with E-state index in [2.05, 4.69) is 5.32 Å². The predicted molar refractivity (Wildman–Crippen MR) is 37.2 cm³/mol. The van der Waals surface area contributed by atoms with E-state index in [0.717, 1.165) is 6.54 Å². The normalized spacial score (nSPS) is 49.7. The summed E-state index contributed by atoms with van der Waals surface area (Å²) in [5, 5.41) is 3.43. The van der Waals surface area contributed by atoms with E-state index in [4.69, 9.17) is 5.73 Å². The molecule has 2 atom stereocenters. The van der Waals surface area contributed by atoms with E-state index >= 15 is 0 Å². The SMILES string of the molecule is NC12CCCC1NCC2. The highest BCUT2D eigenvalue weighted by atomic mass is 15.0. The van der Waals surface area contributed by atoms with Crippen LogP contribution in [-0.2, 0) is 0 Å². The van der Waals surface area contributed by atoms with Gasteiger partial charge in [-0.25, -0.2) is 0 Å². The van der Waals surface area contributed by atoms with Gasteiger partial charge in [0.15, 0.2) is 0 Å². The Hall–Kier alpha value is -0.0800. The van der Waals surface area contributed by atoms with Crippen molar-refractivity contribution in [2.75, 3.05) is 6.54 Å². The molecule has 1 aliphatic carbocycles. The third-order valence-corrected chi connectivity index (χ3v) is 2.81. The summed E-state index contributed by atoms with van der Waals surface area (Å²) in [7, 11) is 0. The average Bonchev–Trinajstić information content (AvgIpc) is 2.22. The van der Waals surface area contributed by atoms with Crippen LogP contribution in [0.1, 0.15) is 25.7 Å². The number of hydrogen-bond acceptors (Lipinski definition) is 2. The maximum absolute atomic E-state index is 6.10. The van der Waals surface area contributed by atoms with Crippen LogP contribution in [0.3, 0.4) is 0 Å². The highest BCUT2D eigenvalue weighted by molar-refractivity contribution is 5.05. The summed E-state index contributed by atoms with van der Waals surface area (Å²) < 4.78 is 0. The van der Waals surface area contributed by atoms with Crippen molar-refractivity contribution in [1.82, 2.24) is 5.32 Å². The van der Waals surface area contributed by atoms with Crippen LogP contribution in [0.5, 0.6) is 0 Å². The van der Waals surface area contributed by atoms with Crippen molar-refractivity contribution in [1.29, 1.82) is 0 Å². The Morgan fingerprint density at radius 1 is 1.44 bits per heavy atom. The first kappa shape index (κ1) is 5.69. The van der Waals surface area contributed by atoms with Gasteiger partial charge in [0.25, 0.3) is 0 Å². The summed E-state index contributed by atoms with van der Waals surface area (Å²) in [6.07, 6.45) is 5.06. The molecular weight excluding hydrogens is 112 g/mol. The van der Waals surface area contributed by atoms with Crippen LogP contribution < -0.4 is 11.1 Å². The lowest BCUT2D eigenvalue weighted by Crippen LogP contribution is -2.45. The molecule has 0 aromatic carbocycles. The minimum absolute atomic E-state index is 0.194. The van der Waals surface area contributed by atoms with Gasteiger partial charge in [-0.2, -0.15) is 0 Å². The molecule has 0 aromatic heterocycles.